The predicted molar refractivity (Wildman–Crippen MR) is 59.6 cm³/mol. The van der Waals surface area contributed by atoms with Gasteiger partial charge < -0.3 is 15.7 Å². The monoisotopic (exact) mass is 203 g/mol. The van der Waals surface area contributed by atoms with Crippen molar-refractivity contribution in [1.29, 1.82) is 0 Å². The molecule has 0 aliphatic heterocycles. The van der Waals surface area contributed by atoms with E-state index >= 15 is 0 Å². The zero-order valence-corrected chi connectivity index (χ0v) is 8.29. The number of hydrogen-bond acceptors (Lipinski definition) is 2. The van der Waals surface area contributed by atoms with Gasteiger partial charge in [0, 0.05) is 11.8 Å². The van der Waals surface area contributed by atoms with Crippen LogP contribution in [0.2, 0.25) is 0 Å². The summed E-state index contributed by atoms with van der Waals surface area (Å²) in [5.74, 6) is 0. The van der Waals surface area contributed by atoms with Crippen molar-refractivity contribution in [3.8, 4) is 11.3 Å². The van der Waals surface area contributed by atoms with Gasteiger partial charge >= 0.3 is 5.69 Å². The number of imidazole rings is 1. The molecule has 0 atom stereocenters. The molecule has 2 rings (SSSR count). The first-order chi connectivity index (χ1) is 7.31. The SMILES string of the molecule is NCCc1ccccc1-c1c[nH]c(=O)[nH]1. The molecule has 0 unspecified atom stereocenters. The first-order valence-corrected chi connectivity index (χ1v) is 4.87. The number of aromatic nitrogens is 2. The number of hydrogen-bond donors (Lipinski definition) is 3. The first-order valence-electron chi connectivity index (χ1n) is 4.87. The summed E-state index contributed by atoms with van der Waals surface area (Å²) in [7, 11) is 0. The van der Waals surface area contributed by atoms with Gasteiger partial charge in [0.25, 0.3) is 0 Å². The lowest BCUT2D eigenvalue weighted by Crippen LogP contribution is -2.04. The normalized spacial score (nSPS) is 10.5. The van der Waals surface area contributed by atoms with E-state index in [9.17, 15) is 4.79 Å². The molecule has 4 nitrogen and oxygen atoms in total. The molecule has 1 aromatic heterocycles. The second-order valence-corrected chi connectivity index (χ2v) is 3.35. The topological polar surface area (TPSA) is 74.7 Å². The lowest BCUT2D eigenvalue weighted by atomic mass is 10.0. The second kappa shape index (κ2) is 4.14. The smallest absolute Gasteiger partial charge is 0.323 e. The van der Waals surface area contributed by atoms with Gasteiger partial charge in [-0.2, -0.15) is 0 Å². The zero-order valence-electron chi connectivity index (χ0n) is 8.29. The summed E-state index contributed by atoms with van der Waals surface area (Å²) in [6, 6.07) is 7.91. The van der Waals surface area contributed by atoms with Gasteiger partial charge in [-0.25, -0.2) is 4.79 Å². The molecule has 0 aliphatic carbocycles. The van der Waals surface area contributed by atoms with Crippen molar-refractivity contribution < 1.29 is 0 Å². The van der Waals surface area contributed by atoms with E-state index in [1.165, 1.54) is 0 Å². The fourth-order valence-electron chi connectivity index (χ4n) is 1.63. The van der Waals surface area contributed by atoms with Crippen LogP contribution in [-0.2, 0) is 6.42 Å². The van der Waals surface area contributed by atoms with Crippen LogP contribution in [0.1, 0.15) is 5.56 Å². The lowest BCUT2D eigenvalue weighted by molar-refractivity contribution is 0.969. The fourth-order valence-corrected chi connectivity index (χ4v) is 1.63. The second-order valence-electron chi connectivity index (χ2n) is 3.35. The summed E-state index contributed by atoms with van der Waals surface area (Å²) in [6.45, 7) is 0.603. The van der Waals surface area contributed by atoms with E-state index in [2.05, 4.69) is 9.97 Å². The van der Waals surface area contributed by atoms with Gasteiger partial charge in [-0.3, -0.25) is 0 Å². The summed E-state index contributed by atoms with van der Waals surface area (Å²) in [5.41, 5.74) is 8.33. The largest absolute Gasteiger partial charge is 0.330 e. The highest BCUT2D eigenvalue weighted by atomic mass is 16.1. The highest BCUT2D eigenvalue weighted by Crippen LogP contribution is 2.20. The Bertz CT molecular complexity index is 498. The third kappa shape index (κ3) is 1.99. The Balaban J connectivity index is 2.47. The zero-order chi connectivity index (χ0) is 10.7. The molecule has 0 aliphatic rings. The molecule has 0 saturated carbocycles. The molecule has 0 saturated heterocycles. The number of nitrogens with two attached hydrogens (primary N) is 1. The standard InChI is InChI=1S/C11H13N3O/c12-6-5-8-3-1-2-4-9(8)10-7-13-11(15)14-10/h1-4,7H,5-6,12H2,(H2,13,14,15). The van der Waals surface area contributed by atoms with Gasteiger partial charge in [-0.1, -0.05) is 24.3 Å². The molecule has 1 aromatic carbocycles. The molecule has 0 fully saturated rings. The van der Waals surface area contributed by atoms with Crippen LogP contribution >= 0.6 is 0 Å². The summed E-state index contributed by atoms with van der Waals surface area (Å²) < 4.78 is 0. The third-order valence-corrected chi connectivity index (χ3v) is 2.32. The van der Waals surface area contributed by atoms with Crippen molar-refractivity contribution in [1.82, 2.24) is 9.97 Å². The molecule has 1 heterocycles. The van der Waals surface area contributed by atoms with Crippen molar-refractivity contribution in [3.63, 3.8) is 0 Å². The minimum atomic E-state index is -0.187. The Hall–Kier alpha value is -1.81. The fraction of sp³-hybridized carbons (Fsp3) is 0.182. The summed E-state index contributed by atoms with van der Waals surface area (Å²) >= 11 is 0. The number of aromatic amines is 2. The Morgan fingerprint density at radius 1 is 1.27 bits per heavy atom. The number of rotatable bonds is 3. The van der Waals surface area contributed by atoms with Gasteiger partial charge in [0.1, 0.15) is 0 Å². The third-order valence-electron chi connectivity index (χ3n) is 2.32. The molecule has 4 N–H and O–H groups in total. The highest BCUT2D eigenvalue weighted by molar-refractivity contribution is 5.62. The van der Waals surface area contributed by atoms with Crippen molar-refractivity contribution >= 4 is 0 Å². The molecule has 0 radical (unpaired) electrons. The maximum Gasteiger partial charge on any atom is 0.323 e. The van der Waals surface area contributed by atoms with Gasteiger partial charge in [-0.05, 0) is 18.5 Å². The molecule has 0 bridgehead atoms. The van der Waals surface area contributed by atoms with Crippen LogP contribution < -0.4 is 11.4 Å². The Morgan fingerprint density at radius 2 is 2.07 bits per heavy atom. The maximum atomic E-state index is 11.0. The van der Waals surface area contributed by atoms with E-state index in [4.69, 9.17) is 5.73 Å². The Labute approximate surface area is 87.1 Å². The van der Waals surface area contributed by atoms with Crippen molar-refractivity contribution in [2.24, 2.45) is 5.73 Å². The summed E-state index contributed by atoms with van der Waals surface area (Å²) in [4.78, 5) is 16.3. The Morgan fingerprint density at radius 3 is 2.73 bits per heavy atom. The van der Waals surface area contributed by atoms with Crippen LogP contribution in [0.5, 0.6) is 0 Å². The van der Waals surface area contributed by atoms with E-state index in [0.717, 1.165) is 23.2 Å². The van der Waals surface area contributed by atoms with Crippen LogP contribution in [0.4, 0.5) is 0 Å². The van der Waals surface area contributed by atoms with Gasteiger partial charge in [-0.15, -0.1) is 0 Å². The van der Waals surface area contributed by atoms with E-state index in [-0.39, 0.29) is 5.69 Å². The maximum absolute atomic E-state index is 11.0. The lowest BCUT2D eigenvalue weighted by Gasteiger charge is -2.05. The van der Waals surface area contributed by atoms with Gasteiger partial charge in [0.2, 0.25) is 0 Å². The van der Waals surface area contributed by atoms with Crippen LogP contribution in [0.25, 0.3) is 11.3 Å². The average molecular weight is 203 g/mol. The molecule has 4 heteroatoms. The highest BCUT2D eigenvalue weighted by Gasteiger charge is 2.05. The van der Waals surface area contributed by atoms with E-state index < -0.39 is 0 Å². The van der Waals surface area contributed by atoms with Crippen LogP contribution in [0.3, 0.4) is 0 Å². The molecular formula is C11H13N3O. The number of benzene rings is 1. The first kappa shape index (κ1) is 9.73. The van der Waals surface area contributed by atoms with Crippen LogP contribution in [-0.4, -0.2) is 16.5 Å². The molecule has 78 valence electrons. The van der Waals surface area contributed by atoms with Crippen molar-refractivity contribution in [2.45, 2.75) is 6.42 Å². The van der Waals surface area contributed by atoms with Crippen LogP contribution in [0, 0.1) is 0 Å². The molecule has 0 amide bonds. The minimum Gasteiger partial charge on any atom is -0.330 e. The average Bonchev–Trinajstić information content (AvgIpc) is 2.66. The molecule has 15 heavy (non-hydrogen) atoms. The summed E-state index contributed by atoms with van der Waals surface area (Å²) in [6.07, 6.45) is 2.49. The van der Waals surface area contributed by atoms with Crippen LogP contribution in [0.15, 0.2) is 35.3 Å². The number of H-pyrrole nitrogens is 2. The predicted octanol–water partition coefficient (Wildman–Crippen LogP) is 0.871. The molecular weight excluding hydrogens is 190 g/mol. The van der Waals surface area contributed by atoms with Gasteiger partial charge in [0.05, 0.1) is 5.69 Å². The quantitative estimate of drug-likeness (QED) is 0.692. The summed E-state index contributed by atoms with van der Waals surface area (Å²) in [5, 5.41) is 0. The molecule has 0 spiro atoms. The van der Waals surface area contributed by atoms with Crippen molar-refractivity contribution in [2.75, 3.05) is 6.54 Å². The van der Waals surface area contributed by atoms with Crippen molar-refractivity contribution in [3.05, 3.63) is 46.5 Å². The van der Waals surface area contributed by atoms with E-state index in [1.54, 1.807) is 6.20 Å². The Kier molecular flexibility index (Phi) is 2.69. The van der Waals surface area contributed by atoms with Gasteiger partial charge in [0.15, 0.2) is 0 Å². The van der Waals surface area contributed by atoms with E-state index in [1.807, 2.05) is 24.3 Å². The minimum absolute atomic E-state index is 0.187. The van der Waals surface area contributed by atoms with E-state index in [0.29, 0.717) is 6.54 Å². The molecule has 2 aromatic rings. The number of nitrogens with one attached hydrogen (secondary N) is 2.